The Hall–Kier alpha value is -3.60. The number of β-amino-alcohol motifs (C(OH)–C–C–N with tert-alkyl or cyclic N) is 1. The van der Waals surface area contributed by atoms with E-state index < -0.39 is 31.2 Å². The van der Waals surface area contributed by atoms with Crippen LogP contribution in [0.25, 0.3) is 0 Å². The first-order chi connectivity index (χ1) is 17.4. The molecule has 0 unspecified atom stereocenters. The molecule has 3 aromatic rings. The molecule has 3 aromatic carbocycles. The Labute approximate surface area is 209 Å². The number of nitrogens with zero attached hydrogens (tertiary/aromatic N) is 2. The summed E-state index contributed by atoms with van der Waals surface area (Å²) in [7, 11) is 1.47. The number of fused-ring (bicyclic) bond motifs is 1. The fourth-order valence-electron chi connectivity index (χ4n) is 4.41. The third-order valence-corrected chi connectivity index (χ3v) is 6.03. The van der Waals surface area contributed by atoms with Crippen LogP contribution in [-0.4, -0.2) is 43.9 Å². The van der Waals surface area contributed by atoms with Gasteiger partial charge in [-0.15, -0.1) is 13.2 Å². The number of ether oxygens (including phenoxy) is 2. The number of anilines is 2. The molecule has 1 heterocycles. The highest BCUT2D eigenvalue weighted by molar-refractivity contribution is 5.75. The minimum absolute atomic E-state index is 0.169. The molecule has 0 aromatic heterocycles. The first kappa shape index (κ1) is 26.5. The molecule has 0 saturated heterocycles. The summed E-state index contributed by atoms with van der Waals surface area (Å²) in [5.41, 5.74) is 2.21. The van der Waals surface area contributed by atoms with E-state index in [1.54, 1.807) is 54.6 Å². The smallest absolute Gasteiger partial charge is 0.497 e. The number of para-hydroxylation sites is 2. The normalized spacial score (nSPS) is 16.8. The SMILES string of the molecule is COc1cccc([C@@H]2CN(Cc3cccc(OC(F)(F)F)c3)c3ccccc3N2C[C@@H](O)C(F)(F)F)c1. The third-order valence-electron chi connectivity index (χ3n) is 6.03. The monoisotopic (exact) mass is 526 g/mol. The van der Waals surface area contributed by atoms with Crippen LogP contribution in [0.15, 0.2) is 72.8 Å². The molecule has 37 heavy (non-hydrogen) atoms. The summed E-state index contributed by atoms with van der Waals surface area (Å²) in [6.07, 6.45) is -12.2. The zero-order valence-electron chi connectivity index (χ0n) is 19.6. The van der Waals surface area contributed by atoms with Gasteiger partial charge in [-0.25, -0.2) is 0 Å². The lowest BCUT2D eigenvalue weighted by Crippen LogP contribution is -2.49. The summed E-state index contributed by atoms with van der Waals surface area (Å²) >= 11 is 0. The predicted molar refractivity (Wildman–Crippen MR) is 126 cm³/mol. The van der Waals surface area contributed by atoms with Gasteiger partial charge in [-0.05, 0) is 47.5 Å². The van der Waals surface area contributed by atoms with Crippen LogP contribution in [0.2, 0.25) is 0 Å². The number of halogens is 6. The van der Waals surface area contributed by atoms with Crippen molar-refractivity contribution in [2.45, 2.75) is 31.2 Å². The van der Waals surface area contributed by atoms with E-state index in [0.717, 1.165) is 0 Å². The number of hydrogen-bond acceptors (Lipinski definition) is 5. The molecule has 5 nitrogen and oxygen atoms in total. The quantitative estimate of drug-likeness (QED) is 0.378. The molecule has 0 spiro atoms. The van der Waals surface area contributed by atoms with Crippen molar-refractivity contribution in [1.82, 2.24) is 0 Å². The Morgan fingerprint density at radius 1 is 0.892 bits per heavy atom. The number of rotatable bonds is 7. The molecule has 0 radical (unpaired) electrons. The summed E-state index contributed by atoms with van der Waals surface area (Å²) in [6, 6.07) is 18.6. The maximum atomic E-state index is 13.3. The van der Waals surface area contributed by atoms with Crippen molar-refractivity contribution in [2.24, 2.45) is 0 Å². The van der Waals surface area contributed by atoms with Crippen LogP contribution in [0.4, 0.5) is 37.7 Å². The van der Waals surface area contributed by atoms with E-state index in [0.29, 0.717) is 28.3 Å². The molecule has 0 bridgehead atoms. The second-order valence-corrected chi connectivity index (χ2v) is 8.57. The average molecular weight is 526 g/mol. The molecule has 1 aliphatic heterocycles. The summed E-state index contributed by atoms with van der Waals surface area (Å²) in [4.78, 5) is 3.38. The van der Waals surface area contributed by atoms with Gasteiger partial charge in [-0.1, -0.05) is 36.4 Å². The molecule has 2 atom stereocenters. The van der Waals surface area contributed by atoms with Crippen LogP contribution >= 0.6 is 0 Å². The number of alkyl halides is 6. The highest BCUT2D eigenvalue weighted by atomic mass is 19.4. The van der Waals surface area contributed by atoms with Crippen molar-refractivity contribution >= 4 is 11.4 Å². The van der Waals surface area contributed by atoms with Gasteiger partial charge < -0.3 is 24.4 Å². The molecular formula is C26H24F6N2O3. The highest BCUT2D eigenvalue weighted by Crippen LogP contribution is 2.43. The van der Waals surface area contributed by atoms with Crippen LogP contribution in [0.5, 0.6) is 11.5 Å². The van der Waals surface area contributed by atoms with Gasteiger partial charge in [-0.2, -0.15) is 13.2 Å². The zero-order valence-corrected chi connectivity index (χ0v) is 19.6. The molecule has 1 N–H and O–H groups in total. The summed E-state index contributed by atoms with van der Waals surface area (Å²) in [5, 5.41) is 9.94. The van der Waals surface area contributed by atoms with Crippen molar-refractivity contribution in [3.05, 3.63) is 83.9 Å². The molecule has 4 rings (SSSR count). The molecule has 198 valence electrons. The molecule has 0 aliphatic carbocycles. The van der Waals surface area contributed by atoms with Gasteiger partial charge in [0.2, 0.25) is 0 Å². The van der Waals surface area contributed by atoms with Gasteiger partial charge in [0.05, 0.1) is 31.1 Å². The fraction of sp³-hybridized carbons (Fsp3) is 0.308. The van der Waals surface area contributed by atoms with Crippen LogP contribution in [0.3, 0.4) is 0 Å². The topological polar surface area (TPSA) is 45.2 Å². The van der Waals surface area contributed by atoms with E-state index in [-0.39, 0.29) is 18.8 Å². The Kier molecular flexibility index (Phi) is 7.44. The second kappa shape index (κ2) is 10.4. The van der Waals surface area contributed by atoms with E-state index >= 15 is 0 Å². The van der Waals surface area contributed by atoms with Crippen molar-refractivity contribution in [2.75, 3.05) is 30.0 Å². The Balaban J connectivity index is 1.73. The van der Waals surface area contributed by atoms with Crippen molar-refractivity contribution in [3.8, 4) is 11.5 Å². The molecular weight excluding hydrogens is 502 g/mol. The lowest BCUT2D eigenvalue weighted by atomic mass is 9.98. The maximum absolute atomic E-state index is 13.3. The summed E-state index contributed by atoms with van der Waals surface area (Å²) < 4.78 is 87.5. The lowest BCUT2D eigenvalue weighted by molar-refractivity contribution is -0.274. The van der Waals surface area contributed by atoms with E-state index in [1.165, 1.54) is 30.2 Å². The van der Waals surface area contributed by atoms with Gasteiger partial charge in [0, 0.05) is 13.1 Å². The van der Waals surface area contributed by atoms with Crippen molar-refractivity contribution < 1.29 is 40.9 Å². The highest BCUT2D eigenvalue weighted by Gasteiger charge is 2.42. The fourth-order valence-corrected chi connectivity index (χ4v) is 4.41. The lowest BCUT2D eigenvalue weighted by Gasteiger charge is -2.45. The Morgan fingerprint density at radius 3 is 2.24 bits per heavy atom. The van der Waals surface area contributed by atoms with Crippen LogP contribution in [0, 0.1) is 0 Å². The van der Waals surface area contributed by atoms with E-state index in [2.05, 4.69) is 4.74 Å². The van der Waals surface area contributed by atoms with Crippen LogP contribution in [-0.2, 0) is 6.54 Å². The van der Waals surface area contributed by atoms with Crippen LogP contribution < -0.4 is 19.3 Å². The third kappa shape index (κ3) is 6.40. The standard InChI is InChI=1S/C26H24F6N2O3/c1-36-19-8-5-7-18(13-19)23-15-33(14-17-6-4-9-20(12-17)37-26(30,31)32)21-10-2-3-11-22(21)34(23)16-24(35)25(27,28)29/h2-13,23-24,35H,14-16H2,1H3/t23-,24+/m0/s1. The number of aliphatic hydroxyl groups is 1. The number of hydrogen-bond donors (Lipinski definition) is 1. The van der Waals surface area contributed by atoms with Gasteiger partial charge >= 0.3 is 12.5 Å². The molecule has 0 saturated carbocycles. The van der Waals surface area contributed by atoms with Gasteiger partial charge in [0.15, 0.2) is 6.10 Å². The Bertz CT molecular complexity index is 1220. The minimum atomic E-state index is -4.84. The number of benzene rings is 3. The number of methoxy groups -OCH3 is 1. The molecule has 0 fully saturated rings. The Morgan fingerprint density at radius 2 is 1.57 bits per heavy atom. The average Bonchev–Trinajstić information content (AvgIpc) is 2.84. The summed E-state index contributed by atoms with van der Waals surface area (Å²) in [5.74, 6) is 0.144. The second-order valence-electron chi connectivity index (χ2n) is 8.57. The molecule has 11 heteroatoms. The van der Waals surface area contributed by atoms with E-state index in [9.17, 15) is 31.4 Å². The summed E-state index contributed by atoms with van der Waals surface area (Å²) in [6.45, 7) is -0.341. The van der Waals surface area contributed by atoms with Gasteiger partial charge in [-0.3, -0.25) is 0 Å². The van der Waals surface area contributed by atoms with Gasteiger partial charge in [0.25, 0.3) is 0 Å². The molecule has 1 aliphatic rings. The molecule has 0 amide bonds. The predicted octanol–water partition coefficient (Wildman–Crippen LogP) is 6.08. The first-order valence-electron chi connectivity index (χ1n) is 11.3. The maximum Gasteiger partial charge on any atom is 0.573 e. The number of aliphatic hydroxyl groups excluding tert-OH is 1. The van der Waals surface area contributed by atoms with Gasteiger partial charge in [0.1, 0.15) is 11.5 Å². The minimum Gasteiger partial charge on any atom is -0.497 e. The first-order valence-corrected chi connectivity index (χ1v) is 11.3. The zero-order chi connectivity index (χ0) is 26.8. The van der Waals surface area contributed by atoms with Crippen molar-refractivity contribution in [1.29, 1.82) is 0 Å². The van der Waals surface area contributed by atoms with Crippen LogP contribution in [0.1, 0.15) is 17.2 Å². The van der Waals surface area contributed by atoms with E-state index in [1.807, 2.05) is 4.90 Å². The van der Waals surface area contributed by atoms with Crippen molar-refractivity contribution in [3.63, 3.8) is 0 Å². The van der Waals surface area contributed by atoms with E-state index in [4.69, 9.17) is 4.74 Å². The largest absolute Gasteiger partial charge is 0.573 e.